The number of aromatic amines is 1. The molecule has 21 heavy (non-hydrogen) atoms. The summed E-state index contributed by atoms with van der Waals surface area (Å²) >= 11 is 12.2. The summed E-state index contributed by atoms with van der Waals surface area (Å²) in [5.41, 5.74) is 0.961. The number of hydrogen-bond donors (Lipinski definition) is 2. The molecule has 2 aromatic rings. The first-order chi connectivity index (χ1) is 9.93. The number of benzene rings is 1. The van der Waals surface area contributed by atoms with Gasteiger partial charge in [-0.1, -0.05) is 23.2 Å². The second-order valence-corrected chi connectivity index (χ2v) is 5.35. The second kappa shape index (κ2) is 6.37. The van der Waals surface area contributed by atoms with Gasteiger partial charge in [0.05, 0.1) is 11.4 Å². The van der Waals surface area contributed by atoms with Gasteiger partial charge in [-0.2, -0.15) is 0 Å². The van der Waals surface area contributed by atoms with Gasteiger partial charge in [0.25, 0.3) is 5.91 Å². The molecule has 5 nitrogen and oxygen atoms in total. The van der Waals surface area contributed by atoms with Crippen LogP contribution in [-0.2, 0) is 4.79 Å². The number of carbonyl (C=O) groups excluding carboxylic acids is 1. The summed E-state index contributed by atoms with van der Waals surface area (Å²) < 4.78 is 0. The molecule has 2 N–H and O–H groups in total. The van der Waals surface area contributed by atoms with Crippen LogP contribution in [0.2, 0.25) is 10.0 Å². The summed E-state index contributed by atoms with van der Waals surface area (Å²) in [4.78, 5) is 27.5. The van der Waals surface area contributed by atoms with Crippen LogP contribution in [0.1, 0.15) is 23.8 Å². The average Bonchev–Trinajstić information content (AvgIpc) is 2.76. The molecular weight excluding hydrogens is 315 g/mol. The molecule has 2 rings (SSSR count). The Morgan fingerprint density at radius 2 is 2.05 bits per heavy atom. The first kappa shape index (κ1) is 15.7. The Bertz CT molecular complexity index is 697. The van der Waals surface area contributed by atoms with E-state index < -0.39 is 5.97 Å². The molecule has 0 fully saturated rings. The summed E-state index contributed by atoms with van der Waals surface area (Å²) in [6.07, 6.45) is -0.108. The molecule has 0 aliphatic rings. The van der Waals surface area contributed by atoms with Gasteiger partial charge in [0.15, 0.2) is 0 Å². The zero-order chi connectivity index (χ0) is 15.6. The van der Waals surface area contributed by atoms with Gasteiger partial charge in [-0.25, -0.2) is 0 Å². The molecule has 7 heteroatoms. The minimum absolute atomic E-state index is 0.108. The lowest BCUT2D eigenvalue weighted by atomic mass is 10.2. The van der Waals surface area contributed by atoms with Crippen molar-refractivity contribution in [2.75, 3.05) is 13.1 Å². The zero-order valence-electron chi connectivity index (χ0n) is 11.3. The Morgan fingerprint density at radius 1 is 1.33 bits per heavy atom. The van der Waals surface area contributed by atoms with Gasteiger partial charge in [-0.15, -0.1) is 0 Å². The first-order valence-electron chi connectivity index (χ1n) is 6.41. The highest BCUT2D eigenvalue weighted by atomic mass is 35.5. The van der Waals surface area contributed by atoms with Crippen LogP contribution in [0.25, 0.3) is 10.9 Å². The van der Waals surface area contributed by atoms with Crippen molar-refractivity contribution in [1.82, 2.24) is 9.88 Å². The molecule has 0 atom stereocenters. The van der Waals surface area contributed by atoms with Crippen molar-refractivity contribution in [2.45, 2.75) is 13.3 Å². The molecule has 1 aromatic heterocycles. The lowest BCUT2D eigenvalue weighted by molar-refractivity contribution is -0.137. The highest BCUT2D eigenvalue weighted by molar-refractivity contribution is 6.39. The third-order valence-corrected chi connectivity index (χ3v) is 3.80. The molecule has 1 amide bonds. The van der Waals surface area contributed by atoms with E-state index in [1.54, 1.807) is 25.1 Å². The number of rotatable bonds is 5. The third-order valence-electron chi connectivity index (χ3n) is 3.18. The summed E-state index contributed by atoms with van der Waals surface area (Å²) in [7, 11) is 0. The number of aliphatic carboxylic acids is 1. The molecule has 0 saturated carbocycles. The average molecular weight is 329 g/mol. The van der Waals surface area contributed by atoms with E-state index >= 15 is 0 Å². The van der Waals surface area contributed by atoms with Crippen LogP contribution in [0, 0.1) is 0 Å². The normalized spacial score (nSPS) is 10.8. The molecule has 0 unspecified atom stereocenters. The number of carboxylic acid groups (broad SMARTS) is 1. The number of nitrogens with zero attached hydrogens (tertiary/aromatic N) is 1. The maximum absolute atomic E-state index is 12.4. The van der Waals surface area contributed by atoms with Gasteiger partial charge in [-0.3, -0.25) is 9.59 Å². The molecule has 1 heterocycles. The van der Waals surface area contributed by atoms with E-state index in [0.29, 0.717) is 27.5 Å². The number of carboxylic acids is 1. The fourth-order valence-electron chi connectivity index (χ4n) is 2.07. The van der Waals surface area contributed by atoms with Crippen molar-refractivity contribution >= 4 is 46.0 Å². The maximum Gasteiger partial charge on any atom is 0.305 e. The summed E-state index contributed by atoms with van der Waals surface area (Å²) in [6.45, 7) is 2.32. The SMILES string of the molecule is CCN(CCC(=O)O)C(=O)c1[nH]c2ccc(Cl)cc2c1Cl. The number of amides is 1. The molecule has 0 aliphatic heterocycles. The number of aromatic nitrogens is 1. The van der Waals surface area contributed by atoms with E-state index in [2.05, 4.69) is 4.98 Å². The highest BCUT2D eigenvalue weighted by Crippen LogP contribution is 2.30. The van der Waals surface area contributed by atoms with E-state index in [0.717, 1.165) is 0 Å². The maximum atomic E-state index is 12.4. The van der Waals surface area contributed by atoms with E-state index in [4.69, 9.17) is 28.3 Å². The Hall–Kier alpha value is -1.72. The fraction of sp³-hybridized carbons (Fsp3) is 0.286. The van der Waals surface area contributed by atoms with Gasteiger partial charge in [-0.05, 0) is 25.1 Å². The van der Waals surface area contributed by atoms with E-state index in [1.807, 2.05) is 0 Å². The molecule has 112 valence electrons. The van der Waals surface area contributed by atoms with Crippen LogP contribution >= 0.6 is 23.2 Å². The van der Waals surface area contributed by atoms with Crippen LogP contribution in [0.4, 0.5) is 0 Å². The Kier molecular flexibility index (Phi) is 4.75. The second-order valence-electron chi connectivity index (χ2n) is 4.53. The lowest BCUT2D eigenvalue weighted by Crippen LogP contribution is -2.33. The van der Waals surface area contributed by atoms with Crippen LogP contribution in [0.15, 0.2) is 18.2 Å². The van der Waals surface area contributed by atoms with E-state index in [1.165, 1.54) is 4.90 Å². The van der Waals surface area contributed by atoms with Crippen molar-refractivity contribution < 1.29 is 14.7 Å². The van der Waals surface area contributed by atoms with Crippen molar-refractivity contribution in [3.8, 4) is 0 Å². The number of carbonyl (C=O) groups is 2. The largest absolute Gasteiger partial charge is 0.481 e. The number of halogens is 2. The number of fused-ring (bicyclic) bond motifs is 1. The minimum atomic E-state index is -0.948. The lowest BCUT2D eigenvalue weighted by Gasteiger charge is -2.19. The van der Waals surface area contributed by atoms with Crippen molar-refractivity contribution in [3.05, 3.63) is 33.9 Å². The Labute approximate surface area is 131 Å². The van der Waals surface area contributed by atoms with Crippen LogP contribution in [0.5, 0.6) is 0 Å². The number of hydrogen-bond acceptors (Lipinski definition) is 2. The van der Waals surface area contributed by atoms with Gasteiger partial charge >= 0.3 is 5.97 Å². The van der Waals surface area contributed by atoms with Crippen LogP contribution < -0.4 is 0 Å². The van der Waals surface area contributed by atoms with E-state index in [-0.39, 0.29) is 24.6 Å². The predicted octanol–water partition coefficient (Wildman–Crippen LogP) is 3.41. The summed E-state index contributed by atoms with van der Waals surface area (Å²) in [5.74, 6) is -1.27. The Morgan fingerprint density at radius 3 is 2.67 bits per heavy atom. The quantitative estimate of drug-likeness (QED) is 0.883. The smallest absolute Gasteiger partial charge is 0.305 e. The topological polar surface area (TPSA) is 73.4 Å². The molecule has 0 spiro atoms. The van der Waals surface area contributed by atoms with Crippen LogP contribution in [-0.4, -0.2) is 40.0 Å². The van der Waals surface area contributed by atoms with Crippen molar-refractivity contribution in [3.63, 3.8) is 0 Å². The van der Waals surface area contributed by atoms with Crippen LogP contribution in [0.3, 0.4) is 0 Å². The number of nitrogens with one attached hydrogen (secondary N) is 1. The molecule has 0 aliphatic carbocycles. The third kappa shape index (κ3) is 3.31. The number of H-pyrrole nitrogens is 1. The summed E-state index contributed by atoms with van der Waals surface area (Å²) in [6, 6.07) is 5.13. The predicted molar refractivity (Wildman–Crippen MR) is 82.1 cm³/mol. The standard InChI is InChI=1S/C14H14Cl2N2O3/c1-2-18(6-5-11(19)20)14(21)13-12(16)9-7-8(15)3-4-10(9)17-13/h3-4,7,17H,2,5-6H2,1H3,(H,19,20). The first-order valence-corrected chi connectivity index (χ1v) is 7.17. The van der Waals surface area contributed by atoms with Gasteiger partial charge < -0.3 is 15.0 Å². The van der Waals surface area contributed by atoms with E-state index in [9.17, 15) is 9.59 Å². The Balaban J connectivity index is 2.33. The summed E-state index contributed by atoms with van der Waals surface area (Å²) in [5, 5.41) is 10.2. The monoisotopic (exact) mass is 328 g/mol. The van der Waals surface area contributed by atoms with Gasteiger partial charge in [0.2, 0.25) is 0 Å². The van der Waals surface area contributed by atoms with Crippen molar-refractivity contribution in [1.29, 1.82) is 0 Å². The van der Waals surface area contributed by atoms with Crippen molar-refractivity contribution in [2.24, 2.45) is 0 Å². The molecule has 0 radical (unpaired) electrons. The zero-order valence-corrected chi connectivity index (χ0v) is 12.8. The minimum Gasteiger partial charge on any atom is -0.481 e. The van der Waals surface area contributed by atoms with Gasteiger partial charge in [0, 0.05) is 29.0 Å². The molecule has 0 bridgehead atoms. The van der Waals surface area contributed by atoms with Gasteiger partial charge in [0.1, 0.15) is 5.69 Å². The molecular formula is C14H14Cl2N2O3. The highest BCUT2D eigenvalue weighted by Gasteiger charge is 2.21. The fourth-order valence-corrected chi connectivity index (χ4v) is 2.53. The molecule has 1 aromatic carbocycles. The molecule has 0 saturated heterocycles.